The van der Waals surface area contributed by atoms with Crippen molar-refractivity contribution in [1.82, 2.24) is 19.5 Å². The number of hydrogen-bond acceptors (Lipinski definition) is 3. The minimum atomic E-state index is 0.494. The van der Waals surface area contributed by atoms with Crippen LogP contribution in [-0.4, -0.2) is 39.1 Å². The molecule has 1 fully saturated rings. The van der Waals surface area contributed by atoms with E-state index in [9.17, 15) is 0 Å². The fourth-order valence-corrected chi connectivity index (χ4v) is 2.70. The van der Waals surface area contributed by atoms with E-state index in [0.717, 1.165) is 29.0 Å². The van der Waals surface area contributed by atoms with E-state index < -0.39 is 0 Å². The molecular weight excluding hydrogens is 280 g/mol. The van der Waals surface area contributed by atoms with E-state index in [1.54, 1.807) is 0 Å². The molecule has 3 rings (SSSR count). The van der Waals surface area contributed by atoms with Crippen LogP contribution in [0, 0.1) is 0 Å². The third kappa shape index (κ3) is 2.09. The molecule has 1 atom stereocenters. The lowest BCUT2D eigenvalue weighted by molar-refractivity contribution is 0.352. The third-order valence-corrected chi connectivity index (χ3v) is 3.87. The number of pyridine rings is 1. The molecule has 90 valence electrons. The van der Waals surface area contributed by atoms with Gasteiger partial charge in [-0.25, -0.2) is 9.50 Å². The Morgan fingerprint density at radius 2 is 2.35 bits per heavy atom. The summed E-state index contributed by atoms with van der Waals surface area (Å²) in [6.07, 6.45) is 3.13. The molecule has 0 aromatic carbocycles. The minimum Gasteiger partial charge on any atom is -0.303 e. The summed E-state index contributed by atoms with van der Waals surface area (Å²) in [4.78, 5) is 7.06. The summed E-state index contributed by atoms with van der Waals surface area (Å²) in [5, 5.41) is 4.57. The molecule has 0 bridgehead atoms. The van der Waals surface area contributed by atoms with E-state index in [-0.39, 0.29) is 0 Å². The highest BCUT2D eigenvalue weighted by Gasteiger charge is 2.25. The van der Waals surface area contributed by atoms with Crippen LogP contribution in [-0.2, 0) is 0 Å². The fourth-order valence-electron chi connectivity index (χ4n) is 2.38. The van der Waals surface area contributed by atoms with Crippen molar-refractivity contribution in [2.45, 2.75) is 19.3 Å². The van der Waals surface area contributed by atoms with Gasteiger partial charge in [0.1, 0.15) is 0 Å². The Balaban J connectivity index is 1.91. The Hall–Kier alpha value is -0.940. The summed E-state index contributed by atoms with van der Waals surface area (Å²) in [5.74, 6) is 1.48. The molecule has 1 unspecified atom stereocenters. The molecule has 3 heterocycles. The number of nitrogens with zero attached hydrogens (tertiary/aromatic N) is 4. The van der Waals surface area contributed by atoms with Gasteiger partial charge in [0.25, 0.3) is 0 Å². The highest BCUT2D eigenvalue weighted by atomic mass is 79.9. The number of rotatable bonds is 2. The Bertz CT molecular complexity index is 536. The number of hydrogen-bond donors (Lipinski definition) is 0. The standard InChI is InChI=1S/C12H15BrN4/c1-2-16-6-5-9(7-16)12-14-11-4-3-10(13)8-17(11)15-12/h3-4,8-9H,2,5-7H2,1H3. The molecule has 2 aromatic heterocycles. The second-order valence-corrected chi connectivity index (χ2v) is 5.41. The van der Waals surface area contributed by atoms with Crippen LogP contribution in [0.1, 0.15) is 25.1 Å². The van der Waals surface area contributed by atoms with E-state index in [1.165, 1.54) is 13.0 Å². The lowest BCUT2D eigenvalue weighted by Gasteiger charge is -2.10. The van der Waals surface area contributed by atoms with Crippen molar-refractivity contribution in [2.75, 3.05) is 19.6 Å². The van der Waals surface area contributed by atoms with Crippen LogP contribution >= 0.6 is 15.9 Å². The Morgan fingerprint density at radius 1 is 1.47 bits per heavy atom. The van der Waals surface area contributed by atoms with Crippen LogP contribution in [0.15, 0.2) is 22.8 Å². The molecule has 4 nitrogen and oxygen atoms in total. The Kier molecular flexibility index (Phi) is 2.88. The van der Waals surface area contributed by atoms with Gasteiger partial charge in [0.05, 0.1) is 0 Å². The summed E-state index contributed by atoms with van der Waals surface area (Å²) in [7, 11) is 0. The molecule has 0 saturated carbocycles. The molecule has 1 saturated heterocycles. The zero-order chi connectivity index (χ0) is 11.8. The predicted molar refractivity (Wildman–Crippen MR) is 70.2 cm³/mol. The SMILES string of the molecule is CCN1CCC(c2nc3ccc(Br)cn3n2)C1. The van der Waals surface area contributed by atoms with Gasteiger partial charge in [0.15, 0.2) is 11.5 Å². The maximum Gasteiger partial charge on any atom is 0.156 e. The second-order valence-electron chi connectivity index (χ2n) is 4.50. The summed E-state index contributed by atoms with van der Waals surface area (Å²) in [6.45, 7) is 5.58. The molecule has 0 radical (unpaired) electrons. The van der Waals surface area contributed by atoms with Gasteiger partial charge < -0.3 is 4.90 Å². The van der Waals surface area contributed by atoms with Crippen molar-refractivity contribution < 1.29 is 0 Å². The lowest BCUT2D eigenvalue weighted by Crippen LogP contribution is -2.19. The molecular formula is C12H15BrN4. The van der Waals surface area contributed by atoms with Gasteiger partial charge in [-0.2, -0.15) is 5.10 Å². The molecule has 5 heteroatoms. The van der Waals surface area contributed by atoms with Crippen LogP contribution < -0.4 is 0 Å². The van der Waals surface area contributed by atoms with Crippen molar-refractivity contribution in [3.63, 3.8) is 0 Å². The maximum absolute atomic E-state index is 4.61. The molecule has 1 aliphatic heterocycles. The fraction of sp³-hybridized carbons (Fsp3) is 0.500. The topological polar surface area (TPSA) is 33.4 Å². The van der Waals surface area contributed by atoms with E-state index in [2.05, 4.69) is 37.8 Å². The molecule has 2 aromatic rings. The lowest BCUT2D eigenvalue weighted by atomic mass is 10.1. The number of halogens is 1. The minimum absolute atomic E-state index is 0.494. The molecule has 17 heavy (non-hydrogen) atoms. The van der Waals surface area contributed by atoms with Crippen molar-refractivity contribution >= 4 is 21.6 Å². The van der Waals surface area contributed by atoms with Crippen LogP contribution in [0.4, 0.5) is 0 Å². The first kappa shape index (κ1) is 11.2. The molecule has 1 aliphatic rings. The Morgan fingerprint density at radius 3 is 3.12 bits per heavy atom. The number of aromatic nitrogens is 3. The normalized spacial score (nSPS) is 21.4. The van der Waals surface area contributed by atoms with Gasteiger partial charge in [0.2, 0.25) is 0 Å². The van der Waals surface area contributed by atoms with Crippen LogP contribution in [0.3, 0.4) is 0 Å². The predicted octanol–water partition coefficient (Wildman–Crippen LogP) is 2.30. The molecule has 0 N–H and O–H groups in total. The van der Waals surface area contributed by atoms with Gasteiger partial charge in [-0.1, -0.05) is 6.92 Å². The van der Waals surface area contributed by atoms with Crippen LogP contribution in [0.25, 0.3) is 5.65 Å². The average molecular weight is 295 g/mol. The van der Waals surface area contributed by atoms with Crippen molar-refractivity contribution in [2.24, 2.45) is 0 Å². The number of likely N-dealkylation sites (N-methyl/N-ethyl adjacent to an activating group) is 1. The largest absolute Gasteiger partial charge is 0.303 e. The van der Waals surface area contributed by atoms with Crippen molar-refractivity contribution in [1.29, 1.82) is 0 Å². The molecule has 0 aliphatic carbocycles. The van der Waals surface area contributed by atoms with Crippen molar-refractivity contribution in [3.05, 3.63) is 28.6 Å². The maximum atomic E-state index is 4.61. The summed E-state index contributed by atoms with van der Waals surface area (Å²) in [6, 6.07) is 3.99. The van der Waals surface area contributed by atoms with Gasteiger partial charge in [-0.15, -0.1) is 0 Å². The summed E-state index contributed by atoms with van der Waals surface area (Å²) >= 11 is 3.45. The van der Waals surface area contributed by atoms with Gasteiger partial charge >= 0.3 is 0 Å². The number of fused-ring (bicyclic) bond motifs is 1. The van der Waals surface area contributed by atoms with E-state index in [0.29, 0.717) is 5.92 Å². The first-order chi connectivity index (χ1) is 8.26. The van der Waals surface area contributed by atoms with E-state index in [4.69, 9.17) is 0 Å². The average Bonchev–Trinajstić information content (AvgIpc) is 2.93. The van der Waals surface area contributed by atoms with Gasteiger partial charge in [-0.3, -0.25) is 0 Å². The smallest absolute Gasteiger partial charge is 0.156 e. The second kappa shape index (κ2) is 4.38. The van der Waals surface area contributed by atoms with E-state index >= 15 is 0 Å². The molecule has 0 amide bonds. The third-order valence-electron chi connectivity index (χ3n) is 3.40. The van der Waals surface area contributed by atoms with Crippen LogP contribution in [0.2, 0.25) is 0 Å². The summed E-state index contributed by atoms with van der Waals surface area (Å²) in [5.41, 5.74) is 0.929. The quantitative estimate of drug-likeness (QED) is 0.852. The first-order valence-corrected chi connectivity index (χ1v) is 6.79. The first-order valence-electron chi connectivity index (χ1n) is 6.00. The zero-order valence-electron chi connectivity index (χ0n) is 9.80. The highest BCUT2D eigenvalue weighted by Crippen LogP contribution is 2.25. The van der Waals surface area contributed by atoms with Crippen molar-refractivity contribution in [3.8, 4) is 0 Å². The Labute approximate surface area is 109 Å². The number of likely N-dealkylation sites (tertiary alicyclic amines) is 1. The zero-order valence-corrected chi connectivity index (χ0v) is 11.4. The summed E-state index contributed by atoms with van der Waals surface area (Å²) < 4.78 is 2.89. The van der Waals surface area contributed by atoms with Gasteiger partial charge in [-0.05, 0) is 47.6 Å². The van der Waals surface area contributed by atoms with Gasteiger partial charge in [0, 0.05) is 23.1 Å². The van der Waals surface area contributed by atoms with E-state index in [1.807, 2.05) is 22.8 Å². The molecule has 0 spiro atoms. The monoisotopic (exact) mass is 294 g/mol. The van der Waals surface area contributed by atoms with Crippen LogP contribution in [0.5, 0.6) is 0 Å². The highest BCUT2D eigenvalue weighted by molar-refractivity contribution is 9.10.